The molecule has 0 aliphatic heterocycles. The van der Waals surface area contributed by atoms with E-state index in [1.54, 1.807) is 12.1 Å². The Hall–Kier alpha value is -0.980. The molecule has 1 nitrogen and oxygen atoms in total. The molecule has 1 aromatic rings. The van der Waals surface area contributed by atoms with Crippen LogP contribution in [0.4, 0.5) is 22.0 Å². The van der Waals surface area contributed by atoms with Crippen LogP contribution in [0.15, 0.2) is 29.2 Å². The zero-order chi connectivity index (χ0) is 20.5. The van der Waals surface area contributed by atoms with Crippen molar-refractivity contribution in [2.75, 3.05) is 6.61 Å². The molecule has 2 aliphatic carbocycles. The maximum Gasteiger partial charge on any atom is 0.181 e. The van der Waals surface area contributed by atoms with Crippen molar-refractivity contribution in [2.45, 2.75) is 80.2 Å². The fraction of sp³-hybridized carbons (Fsp3) is 0.714. The molecule has 0 N–H and O–H groups in total. The van der Waals surface area contributed by atoms with Crippen molar-refractivity contribution in [3.63, 3.8) is 0 Å². The van der Waals surface area contributed by atoms with Crippen LogP contribution in [0.2, 0.25) is 0 Å². The summed E-state index contributed by atoms with van der Waals surface area (Å²) >= 11 is 4.11. The van der Waals surface area contributed by atoms with Crippen LogP contribution in [-0.2, 0) is 0 Å². The maximum atomic E-state index is 15.5. The molecule has 0 bridgehead atoms. The fourth-order valence-electron chi connectivity index (χ4n) is 4.60. The number of ether oxygens (including phenoxy) is 1. The molecule has 1 aromatic carbocycles. The quantitative estimate of drug-likeness (QED) is 0.426. The molecule has 0 spiro atoms. The van der Waals surface area contributed by atoms with E-state index in [2.05, 4.69) is 12.6 Å². The molecule has 3 rings (SSSR count). The first-order valence-corrected chi connectivity index (χ1v) is 10.4. The Morgan fingerprint density at radius 1 is 1.00 bits per heavy atom. The summed E-state index contributed by atoms with van der Waals surface area (Å²) in [5.41, 5.74) is -5.91. The van der Waals surface area contributed by atoms with Gasteiger partial charge in [-0.3, -0.25) is 0 Å². The number of benzene rings is 1. The van der Waals surface area contributed by atoms with Gasteiger partial charge in [0.25, 0.3) is 0 Å². The van der Waals surface area contributed by atoms with E-state index >= 15 is 8.78 Å². The molecule has 2 fully saturated rings. The minimum Gasteiger partial charge on any atom is -0.490 e. The maximum absolute atomic E-state index is 15.5. The Balaban J connectivity index is 1.70. The van der Waals surface area contributed by atoms with Crippen LogP contribution >= 0.6 is 12.6 Å². The number of hydrogen-bond donors (Lipinski definition) is 1. The molecular formula is C21H27F5OS. The van der Waals surface area contributed by atoms with E-state index in [1.165, 1.54) is 12.1 Å². The molecule has 0 amide bonds. The Morgan fingerprint density at radius 2 is 1.61 bits per heavy atom. The van der Waals surface area contributed by atoms with Crippen LogP contribution < -0.4 is 4.74 Å². The highest BCUT2D eigenvalue weighted by Gasteiger charge is 2.67. The van der Waals surface area contributed by atoms with Crippen molar-refractivity contribution in [2.24, 2.45) is 11.8 Å². The van der Waals surface area contributed by atoms with Gasteiger partial charge in [0, 0.05) is 11.3 Å². The molecule has 7 heteroatoms. The standard InChI is InChI=1S/C21H27F5OS/c1-2-13-3-5-14(6-4-13)21(26)17(22)11-20(25,18(23)19(21)24)12-27-15-7-9-16(28)10-8-15/h7-10,13-14,17-19,28H,2-6,11-12H2,1H3. The Labute approximate surface area is 168 Å². The fourth-order valence-corrected chi connectivity index (χ4v) is 4.75. The Bertz CT molecular complexity index is 651. The summed E-state index contributed by atoms with van der Waals surface area (Å²) < 4.78 is 80.1. The smallest absolute Gasteiger partial charge is 0.181 e. The number of rotatable bonds is 5. The normalized spacial score (nSPS) is 41.6. The molecule has 5 atom stereocenters. The monoisotopic (exact) mass is 422 g/mol. The highest BCUT2D eigenvalue weighted by Crippen LogP contribution is 2.52. The van der Waals surface area contributed by atoms with E-state index in [0.29, 0.717) is 36.5 Å². The van der Waals surface area contributed by atoms with Gasteiger partial charge in [-0.15, -0.1) is 12.6 Å². The molecule has 0 aromatic heterocycles. The lowest BCUT2D eigenvalue weighted by molar-refractivity contribution is -0.185. The molecule has 0 radical (unpaired) electrons. The molecule has 5 unspecified atom stereocenters. The first kappa shape index (κ1) is 21.7. The minimum absolute atomic E-state index is 0.225. The molecule has 2 aliphatic rings. The van der Waals surface area contributed by atoms with E-state index in [4.69, 9.17) is 4.74 Å². The predicted molar refractivity (Wildman–Crippen MR) is 102 cm³/mol. The lowest BCUT2D eigenvalue weighted by atomic mass is 9.64. The number of alkyl halides is 5. The van der Waals surface area contributed by atoms with Crippen molar-refractivity contribution in [3.05, 3.63) is 24.3 Å². The van der Waals surface area contributed by atoms with Gasteiger partial charge in [-0.25, -0.2) is 22.0 Å². The summed E-state index contributed by atoms with van der Waals surface area (Å²) in [7, 11) is 0. The summed E-state index contributed by atoms with van der Waals surface area (Å²) in [6.07, 6.45) is -6.25. The van der Waals surface area contributed by atoms with Crippen LogP contribution in [0, 0.1) is 11.8 Å². The molecule has 28 heavy (non-hydrogen) atoms. The lowest BCUT2D eigenvalue weighted by Gasteiger charge is -2.49. The van der Waals surface area contributed by atoms with Crippen LogP contribution in [0.3, 0.4) is 0 Å². The molecule has 0 heterocycles. The predicted octanol–water partition coefficient (Wildman–Crippen LogP) is 6.41. The van der Waals surface area contributed by atoms with Crippen molar-refractivity contribution in [1.82, 2.24) is 0 Å². The van der Waals surface area contributed by atoms with E-state index in [9.17, 15) is 13.2 Å². The van der Waals surface area contributed by atoms with Gasteiger partial charge in [0.1, 0.15) is 18.5 Å². The van der Waals surface area contributed by atoms with Gasteiger partial charge in [0.05, 0.1) is 0 Å². The zero-order valence-electron chi connectivity index (χ0n) is 15.9. The second-order valence-corrected chi connectivity index (χ2v) is 8.76. The Kier molecular flexibility index (Phi) is 6.52. The van der Waals surface area contributed by atoms with Gasteiger partial charge in [0.15, 0.2) is 23.7 Å². The van der Waals surface area contributed by atoms with E-state index in [0.717, 1.165) is 6.42 Å². The average Bonchev–Trinajstić information content (AvgIpc) is 2.70. The topological polar surface area (TPSA) is 9.23 Å². The van der Waals surface area contributed by atoms with Crippen LogP contribution in [-0.4, -0.2) is 36.5 Å². The highest BCUT2D eigenvalue weighted by atomic mass is 32.1. The van der Waals surface area contributed by atoms with E-state index in [1.807, 2.05) is 6.92 Å². The molecule has 2 saturated carbocycles. The zero-order valence-corrected chi connectivity index (χ0v) is 16.8. The first-order chi connectivity index (χ1) is 13.2. The van der Waals surface area contributed by atoms with Gasteiger partial charge in [-0.05, 0) is 48.9 Å². The lowest BCUT2D eigenvalue weighted by Crippen LogP contribution is -2.66. The second kappa shape index (κ2) is 8.41. The van der Waals surface area contributed by atoms with Crippen molar-refractivity contribution < 1.29 is 26.7 Å². The first-order valence-electron chi connectivity index (χ1n) is 9.92. The van der Waals surface area contributed by atoms with Crippen molar-refractivity contribution in [1.29, 1.82) is 0 Å². The van der Waals surface area contributed by atoms with Crippen LogP contribution in [0.5, 0.6) is 5.75 Å². The Morgan fingerprint density at radius 3 is 2.18 bits per heavy atom. The van der Waals surface area contributed by atoms with Crippen molar-refractivity contribution >= 4 is 12.6 Å². The largest absolute Gasteiger partial charge is 0.490 e. The highest BCUT2D eigenvalue weighted by molar-refractivity contribution is 7.80. The average molecular weight is 423 g/mol. The van der Waals surface area contributed by atoms with Gasteiger partial charge >= 0.3 is 0 Å². The number of halogens is 5. The third-order valence-corrected chi connectivity index (χ3v) is 6.84. The van der Waals surface area contributed by atoms with Crippen LogP contribution in [0.1, 0.15) is 45.4 Å². The number of thiol groups is 1. The summed E-state index contributed by atoms with van der Waals surface area (Å²) in [6.45, 7) is 1.14. The van der Waals surface area contributed by atoms with Gasteiger partial charge < -0.3 is 4.74 Å². The SMILES string of the molecule is CCC1CCC(C2(F)C(F)CC(F)(COc3ccc(S)cc3)C(F)C2F)CC1. The van der Waals surface area contributed by atoms with Gasteiger partial charge in [-0.1, -0.05) is 26.2 Å². The molecule has 158 valence electrons. The van der Waals surface area contributed by atoms with Gasteiger partial charge in [-0.2, -0.15) is 0 Å². The third-order valence-electron chi connectivity index (χ3n) is 6.54. The van der Waals surface area contributed by atoms with Crippen molar-refractivity contribution in [3.8, 4) is 5.75 Å². The van der Waals surface area contributed by atoms with Crippen LogP contribution in [0.25, 0.3) is 0 Å². The van der Waals surface area contributed by atoms with Gasteiger partial charge in [0.2, 0.25) is 0 Å². The summed E-state index contributed by atoms with van der Waals surface area (Å²) in [5, 5.41) is 0. The summed E-state index contributed by atoms with van der Waals surface area (Å²) in [4.78, 5) is 0.649. The summed E-state index contributed by atoms with van der Waals surface area (Å²) in [6, 6.07) is 6.17. The van der Waals surface area contributed by atoms with E-state index < -0.39 is 48.8 Å². The third kappa shape index (κ3) is 4.01. The molecular weight excluding hydrogens is 395 g/mol. The molecule has 0 saturated heterocycles. The van der Waals surface area contributed by atoms with E-state index in [-0.39, 0.29) is 5.75 Å². The second-order valence-electron chi connectivity index (χ2n) is 8.25. The minimum atomic E-state index is -2.98. The summed E-state index contributed by atoms with van der Waals surface area (Å²) in [5.74, 6) is -0.298. The number of hydrogen-bond acceptors (Lipinski definition) is 2.